The van der Waals surface area contributed by atoms with Crippen LogP contribution in [-0.2, 0) is 6.54 Å². The molecule has 6 heteroatoms. The van der Waals surface area contributed by atoms with Crippen LogP contribution >= 0.6 is 11.6 Å². The average Bonchev–Trinajstić information content (AvgIpc) is 2.78. The van der Waals surface area contributed by atoms with Crippen molar-refractivity contribution < 1.29 is 13.6 Å². The van der Waals surface area contributed by atoms with Gasteiger partial charge in [-0.05, 0) is 58.7 Å². The Morgan fingerprint density at radius 2 is 1.55 bits per heavy atom. The molecule has 0 aliphatic carbocycles. The van der Waals surface area contributed by atoms with Crippen molar-refractivity contribution in [2.24, 2.45) is 0 Å². The first-order chi connectivity index (χ1) is 15.0. The van der Waals surface area contributed by atoms with Crippen molar-refractivity contribution in [2.45, 2.75) is 6.54 Å². The molecule has 3 nitrogen and oxygen atoms in total. The molecule has 1 N–H and O–H groups in total. The molecule has 0 radical (unpaired) electrons. The number of carbonyl (C=O) groups is 1. The highest BCUT2D eigenvalue weighted by atomic mass is 35.5. The minimum absolute atomic E-state index is 0.228. The van der Waals surface area contributed by atoms with Gasteiger partial charge in [0.25, 0.3) is 5.91 Å². The van der Waals surface area contributed by atoms with Gasteiger partial charge in [0.05, 0.1) is 5.56 Å². The molecule has 0 aliphatic rings. The molecule has 0 aliphatic heterocycles. The van der Waals surface area contributed by atoms with Gasteiger partial charge in [0, 0.05) is 29.5 Å². The lowest BCUT2D eigenvalue weighted by molar-refractivity contribution is 0.0950. The van der Waals surface area contributed by atoms with Crippen molar-refractivity contribution >= 4 is 17.5 Å². The zero-order chi connectivity index (χ0) is 21.8. The zero-order valence-corrected chi connectivity index (χ0v) is 17.0. The molecular formula is C25H17ClF2N2O. The van der Waals surface area contributed by atoms with E-state index < -0.39 is 0 Å². The molecule has 4 aromatic rings. The number of rotatable bonds is 5. The maximum atomic E-state index is 13.5. The molecule has 0 atom stereocenters. The predicted octanol–water partition coefficient (Wildman–Crippen LogP) is 6.28. The van der Waals surface area contributed by atoms with Crippen LogP contribution in [0.4, 0.5) is 8.78 Å². The Hall–Kier alpha value is -3.57. The number of hydrogen-bond donors (Lipinski definition) is 1. The number of amides is 1. The maximum absolute atomic E-state index is 13.5. The van der Waals surface area contributed by atoms with Crippen LogP contribution in [0.3, 0.4) is 0 Å². The molecule has 1 aromatic heterocycles. The van der Waals surface area contributed by atoms with Crippen LogP contribution in [0.1, 0.15) is 15.9 Å². The minimum Gasteiger partial charge on any atom is -0.348 e. The van der Waals surface area contributed by atoms with Gasteiger partial charge in [0.1, 0.15) is 11.6 Å². The van der Waals surface area contributed by atoms with E-state index >= 15 is 0 Å². The smallest absolute Gasteiger partial charge is 0.253 e. The van der Waals surface area contributed by atoms with E-state index in [4.69, 9.17) is 11.6 Å². The van der Waals surface area contributed by atoms with Crippen molar-refractivity contribution in [3.05, 3.63) is 113 Å². The van der Waals surface area contributed by atoms with Gasteiger partial charge in [-0.25, -0.2) is 8.78 Å². The van der Waals surface area contributed by atoms with Crippen LogP contribution in [0.15, 0.2) is 85.2 Å². The van der Waals surface area contributed by atoms with Gasteiger partial charge in [-0.3, -0.25) is 9.78 Å². The fraction of sp³-hybridized carbons (Fsp3) is 0.0400. The van der Waals surface area contributed by atoms with E-state index in [1.807, 2.05) is 12.1 Å². The third kappa shape index (κ3) is 4.95. The molecule has 0 saturated carbocycles. The molecule has 1 heterocycles. The van der Waals surface area contributed by atoms with Gasteiger partial charge in [-0.15, -0.1) is 0 Å². The van der Waals surface area contributed by atoms with Crippen LogP contribution in [0.2, 0.25) is 5.02 Å². The first-order valence-electron chi connectivity index (χ1n) is 9.53. The lowest BCUT2D eigenvalue weighted by Gasteiger charge is -2.10. The molecular weight excluding hydrogens is 418 g/mol. The highest BCUT2D eigenvalue weighted by Crippen LogP contribution is 2.26. The third-order valence-electron chi connectivity index (χ3n) is 4.83. The Labute approximate surface area is 183 Å². The number of pyridine rings is 1. The Morgan fingerprint density at radius 3 is 2.29 bits per heavy atom. The number of nitrogens with one attached hydrogen (secondary N) is 1. The second-order valence-electron chi connectivity index (χ2n) is 6.97. The number of benzene rings is 3. The standard InChI is InChI=1S/C25H17ClF2N2O/c26-24-12-18(16-6-8-22(27)9-7-16)4-5-19(24)15-30-25(31)21-10-20(13-29-14-21)17-2-1-3-23(28)11-17/h1-14H,15H2,(H,30,31). The molecule has 0 saturated heterocycles. The second-order valence-corrected chi connectivity index (χ2v) is 7.38. The maximum Gasteiger partial charge on any atom is 0.253 e. The van der Waals surface area contributed by atoms with Crippen LogP contribution in [0.25, 0.3) is 22.3 Å². The average molecular weight is 435 g/mol. The summed E-state index contributed by atoms with van der Waals surface area (Å²) in [7, 11) is 0. The highest BCUT2D eigenvalue weighted by Gasteiger charge is 2.10. The van der Waals surface area contributed by atoms with Crippen LogP contribution in [-0.4, -0.2) is 10.9 Å². The topological polar surface area (TPSA) is 42.0 Å². The molecule has 0 unspecified atom stereocenters. The summed E-state index contributed by atoms with van der Waals surface area (Å²) in [5.41, 5.74) is 4.09. The second kappa shape index (κ2) is 9.06. The Balaban J connectivity index is 1.46. The molecule has 0 bridgehead atoms. The fourth-order valence-electron chi connectivity index (χ4n) is 3.18. The molecule has 3 aromatic carbocycles. The minimum atomic E-state index is -0.355. The molecule has 0 fully saturated rings. The third-order valence-corrected chi connectivity index (χ3v) is 5.18. The van der Waals surface area contributed by atoms with Crippen LogP contribution < -0.4 is 5.32 Å². The van der Waals surface area contributed by atoms with E-state index in [-0.39, 0.29) is 24.1 Å². The van der Waals surface area contributed by atoms with Crippen LogP contribution in [0, 0.1) is 11.6 Å². The summed E-state index contributed by atoms with van der Waals surface area (Å²) in [6.45, 7) is 0.228. The summed E-state index contributed by atoms with van der Waals surface area (Å²) in [5.74, 6) is -0.972. The van der Waals surface area contributed by atoms with E-state index in [1.165, 1.54) is 30.5 Å². The number of halogens is 3. The van der Waals surface area contributed by atoms with E-state index in [1.54, 1.807) is 42.6 Å². The predicted molar refractivity (Wildman–Crippen MR) is 118 cm³/mol. The first-order valence-corrected chi connectivity index (χ1v) is 9.91. The Morgan fingerprint density at radius 1 is 0.806 bits per heavy atom. The number of nitrogens with zero attached hydrogens (tertiary/aromatic N) is 1. The Kier molecular flexibility index (Phi) is 6.05. The largest absolute Gasteiger partial charge is 0.348 e. The highest BCUT2D eigenvalue weighted by molar-refractivity contribution is 6.31. The van der Waals surface area contributed by atoms with Gasteiger partial charge in [-0.1, -0.05) is 48.0 Å². The molecule has 1 amide bonds. The molecule has 31 heavy (non-hydrogen) atoms. The Bertz CT molecular complexity index is 1240. The monoisotopic (exact) mass is 434 g/mol. The van der Waals surface area contributed by atoms with Gasteiger partial charge < -0.3 is 5.32 Å². The number of carbonyl (C=O) groups excluding carboxylic acids is 1. The van der Waals surface area contributed by atoms with E-state index in [0.717, 1.165) is 16.7 Å². The van der Waals surface area contributed by atoms with Gasteiger partial charge in [0.2, 0.25) is 0 Å². The molecule has 154 valence electrons. The first kappa shape index (κ1) is 20.7. The summed E-state index contributed by atoms with van der Waals surface area (Å²) in [4.78, 5) is 16.7. The van der Waals surface area contributed by atoms with Crippen molar-refractivity contribution in [3.63, 3.8) is 0 Å². The van der Waals surface area contributed by atoms with Crippen LogP contribution in [0.5, 0.6) is 0 Å². The fourth-order valence-corrected chi connectivity index (χ4v) is 3.43. The summed E-state index contributed by atoms with van der Waals surface area (Å²) >= 11 is 6.39. The summed E-state index contributed by atoms with van der Waals surface area (Å²) < 4.78 is 26.6. The summed E-state index contributed by atoms with van der Waals surface area (Å²) in [6.07, 6.45) is 3.04. The zero-order valence-electron chi connectivity index (χ0n) is 16.3. The molecule has 4 rings (SSSR count). The number of aromatic nitrogens is 1. The summed E-state index contributed by atoms with van der Waals surface area (Å²) in [6, 6.07) is 19.4. The van der Waals surface area contributed by atoms with Crippen molar-refractivity contribution in [3.8, 4) is 22.3 Å². The van der Waals surface area contributed by atoms with Crippen molar-refractivity contribution in [2.75, 3.05) is 0 Å². The quantitative estimate of drug-likeness (QED) is 0.402. The van der Waals surface area contributed by atoms with Gasteiger partial charge in [0.15, 0.2) is 0 Å². The lowest BCUT2D eigenvalue weighted by atomic mass is 10.0. The van der Waals surface area contributed by atoms with Crippen molar-refractivity contribution in [1.29, 1.82) is 0 Å². The SMILES string of the molecule is O=C(NCc1ccc(-c2ccc(F)cc2)cc1Cl)c1cncc(-c2cccc(F)c2)c1. The van der Waals surface area contributed by atoms with Gasteiger partial charge in [-0.2, -0.15) is 0 Å². The number of hydrogen-bond acceptors (Lipinski definition) is 2. The molecule has 0 spiro atoms. The summed E-state index contributed by atoms with van der Waals surface area (Å²) in [5, 5.41) is 3.32. The van der Waals surface area contributed by atoms with Gasteiger partial charge >= 0.3 is 0 Å². The normalized spacial score (nSPS) is 10.7. The van der Waals surface area contributed by atoms with Crippen molar-refractivity contribution in [1.82, 2.24) is 10.3 Å². The van der Waals surface area contributed by atoms with E-state index in [2.05, 4.69) is 10.3 Å². The van der Waals surface area contributed by atoms with E-state index in [9.17, 15) is 13.6 Å². The lowest BCUT2D eigenvalue weighted by Crippen LogP contribution is -2.23. The van der Waals surface area contributed by atoms with E-state index in [0.29, 0.717) is 21.7 Å².